The summed E-state index contributed by atoms with van der Waals surface area (Å²) in [4.78, 5) is 14.0. The topological polar surface area (TPSA) is 44.4 Å². The monoisotopic (exact) mass is 271 g/mol. The normalized spacial score (nSPS) is 11.9. The first-order chi connectivity index (χ1) is 8.84. The minimum atomic E-state index is 0.165. The second kappa shape index (κ2) is 10.2. The van der Waals surface area contributed by atoms with E-state index in [0.29, 0.717) is 24.5 Å². The molecule has 0 fully saturated rings. The number of carbonyl (C=O) groups excluding carboxylic acids is 1. The standard InChI is InChI=1S/C15H33N3O/c1-12(2)16-9-7-8-15(19)17-10-11-18(13(3)4)14(5)6/h12-14,16H,7-11H2,1-6H3,(H,17,19). The van der Waals surface area contributed by atoms with E-state index < -0.39 is 0 Å². The molecular formula is C15H33N3O. The van der Waals surface area contributed by atoms with E-state index in [0.717, 1.165) is 26.1 Å². The maximum atomic E-state index is 11.7. The van der Waals surface area contributed by atoms with Crippen LogP contribution in [0.5, 0.6) is 0 Å². The molecule has 0 radical (unpaired) electrons. The maximum absolute atomic E-state index is 11.7. The van der Waals surface area contributed by atoms with Crippen molar-refractivity contribution in [3.05, 3.63) is 0 Å². The van der Waals surface area contributed by atoms with Gasteiger partial charge >= 0.3 is 0 Å². The Morgan fingerprint density at radius 2 is 1.58 bits per heavy atom. The minimum Gasteiger partial charge on any atom is -0.355 e. The number of rotatable bonds is 10. The lowest BCUT2D eigenvalue weighted by Gasteiger charge is -2.30. The molecule has 0 aromatic rings. The molecule has 0 unspecified atom stereocenters. The van der Waals surface area contributed by atoms with Gasteiger partial charge in [-0.1, -0.05) is 13.8 Å². The van der Waals surface area contributed by atoms with E-state index in [1.165, 1.54) is 0 Å². The third kappa shape index (κ3) is 9.91. The lowest BCUT2D eigenvalue weighted by Crippen LogP contribution is -2.42. The molecule has 19 heavy (non-hydrogen) atoms. The highest BCUT2D eigenvalue weighted by atomic mass is 16.1. The van der Waals surface area contributed by atoms with Gasteiger partial charge in [-0.05, 0) is 40.7 Å². The van der Waals surface area contributed by atoms with E-state index in [1.54, 1.807) is 0 Å². The van der Waals surface area contributed by atoms with Crippen LogP contribution in [0.25, 0.3) is 0 Å². The Hall–Kier alpha value is -0.610. The zero-order valence-electron chi connectivity index (χ0n) is 13.6. The van der Waals surface area contributed by atoms with E-state index in [4.69, 9.17) is 0 Å². The number of nitrogens with one attached hydrogen (secondary N) is 2. The molecule has 4 heteroatoms. The summed E-state index contributed by atoms with van der Waals surface area (Å²) in [6.45, 7) is 15.6. The molecule has 0 aliphatic heterocycles. The van der Waals surface area contributed by atoms with E-state index >= 15 is 0 Å². The number of nitrogens with zero attached hydrogens (tertiary/aromatic N) is 1. The summed E-state index contributed by atoms with van der Waals surface area (Å²) in [7, 11) is 0. The molecule has 0 aromatic heterocycles. The highest BCUT2D eigenvalue weighted by Crippen LogP contribution is 2.03. The molecule has 0 bridgehead atoms. The third-order valence-electron chi connectivity index (χ3n) is 3.15. The fourth-order valence-corrected chi connectivity index (χ4v) is 2.17. The molecule has 4 nitrogen and oxygen atoms in total. The Bertz CT molecular complexity index is 232. The number of hydrogen-bond donors (Lipinski definition) is 2. The smallest absolute Gasteiger partial charge is 0.220 e. The van der Waals surface area contributed by atoms with E-state index in [9.17, 15) is 4.79 Å². The first kappa shape index (κ1) is 18.4. The molecule has 0 atom stereocenters. The van der Waals surface area contributed by atoms with Crippen molar-refractivity contribution in [3.8, 4) is 0 Å². The third-order valence-corrected chi connectivity index (χ3v) is 3.15. The minimum absolute atomic E-state index is 0.165. The fourth-order valence-electron chi connectivity index (χ4n) is 2.17. The van der Waals surface area contributed by atoms with Crippen molar-refractivity contribution < 1.29 is 4.79 Å². The molecule has 0 rings (SSSR count). The quantitative estimate of drug-likeness (QED) is 0.597. The summed E-state index contributed by atoms with van der Waals surface area (Å²) >= 11 is 0. The molecule has 0 saturated carbocycles. The van der Waals surface area contributed by atoms with Crippen LogP contribution in [0.4, 0.5) is 0 Å². The molecule has 114 valence electrons. The van der Waals surface area contributed by atoms with Gasteiger partial charge in [0.15, 0.2) is 0 Å². The Morgan fingerprint density at radius 1 is 1.00 bits per heavy atom. The highest BCUT2D eigenvalue weighted by Gasteiger charge is 2.12. The second-order valence-electron chi connectivity index (χ2n) is 5.99. The molecule has 0 heterocycles. The van der Waals surface area contributed by atoms with Crippen LogP contribution < -0.4 is 10.6 Å². The summed E-state index contributed by atoms with van der Waals surface area (Å²) in [5.74, 6) is 0.165. The molecule has 1 amide bonds. The Balaban J connectivity index is 3.67. The van der Waals surface area contributed by atoms with Crippen LogP contribution in [0.15, 0.2) is 0 Å². The Morgan fingerprint density at radius 3 is 2.05 bits per heavy atom. The van der Waals surface area contributed by atoms with Crippen molar-refractivity contribution >= 4 is 5.91 Å². The Labute approximate surface area is 119 Å². The van der Waals surface area contributed by atoms with Crippen molar-refractivity contribution in [2.45, 2.75) is 72.5 Å². The molecule has 0 aliphatic rings. The number of amides is 1. The largest absolute Gasteiger partial charge is 0.355 e. The zero-order chi connectivity index (χ0) is 14.8. The van der Waals surface area contributed by atoms with Crippen LogP contribution in [0.3, 0.4) is 0 Å². The predicted molar refractivity (Wildman–Crippen MR) is 82.4 cm³/mol. The predicted octanol–water partition coefficient (Wildman–Crippen LogP) is 2.00. The Kier molecular flexibility index (Phi) is 9.88. The SMILES string of the molecule is CC(C)NCCCC(=O)NCCN(C(C)C)C(C)C. The summed E-state index contributed by atoms with van der Waals surface area (Å²) in [6.07, 6.45) is 1.52. The molecule has 0 aliphatic carbocycles. The van der Waals surface area contributed by atoms with Crippen LogP contribution in [0.1, 0.15) is 54.4 Å². The van der Waals surface area contributed by atoms with Gasteiger partial charge in [-0.25, -0.2) is 0 Å². The molecule has 2 N–H and O–H groups in total. The van der Waals surface area contributed by atoms with Gasteiger partial charge in [0.05, 0.1) is 0 Å². The van der Waals surface area contributed by atoms with Gasteiger partial charge in [0.2, 0.25) is 5.91 Å². The van der Waals surface area contributed by atoms with Gasteiger partial charge in [-0.3, -0.25) is 9.69 Å². The van der Waals surface area contributed by atoms with Crippen molar-refractivity contribution in [1.29, 1.82) is 0 Å². The maximum Gasteiger partial charge on any atom is 0.220 e. The van der Waals surface area contributed by atoms with Crippen molar-refractivity contribution in [3.63, 3.8) is 0 Å². The second-order valence-corrected chi connectivity index (χ2v) is 5.99. The lowest BCUT2D eigenvalue weighted by atomic mass is 10.2. The van der Waals surface area contributed by atoms with Crippen LogP contribution in [0.2, 0.25) is 0 Å². The molecule has 0 aromatic carbocycles. The highest BCUT2D eigenvalue weighted by molar-refractivity contribution is 5.75. The van der Waals surface area contributed by atoms with Gasteiger partial charge in [0, 0.05) is 37.6 Å². The zero-order valence-corrected chi connectivity index (χ0v) is 13.6. The lowest BCUT2D eigenvalue weighted by molar-refractivity contribution is -0.121. The van der Waals surface area contributed by atoms with Gasteiger partial charge in [-0.2, -0.15) is 0 Å². The summed E-state index contributed by atoms with van der Waals surface area (Å²) < 4.78 is 0. The van der Waals surface area contributed by atoms with Crippen LogP contribution >= 0.6 is 0 Å². The van der Waals surface area contributed by atoms with Crippen LogP contribution in [0, 0.1) is 0 Å². The molecular weight excluding hydrogens is 238 g/mol. The van der Waals surface area contributed by atoms with Crippen LogP contribution in [-0.4, -0.2) is 48.6 Å². The first-order valence-electron chi connectivity index (χ1n) is 7.60. The molecule has 0 spiro atoms. The summed E-state index contributed by atoms with van der Waals surface area (Å²) in [5, 5.41) is 6.32. The van der Waals surface area contributed by atoms with E-state index in [2.05, 4.69) is 57.1 Å². The van der Waals surface area contributed by atoms with Crippen molar-refractivity contribution in [1.82, 2.24) is 15.5 Å². The summed E-state index contributed by atoms with van der Waals surface area (Å²) in [6, 6.07) is 1.54. The van der Waals surface area contributed by atoms with E-state index in [-0.39, 0.29) is 5.91 Å². The molecule has 0 saturated heterocycles. The van der Waals surface area contributed by atoms with Crippen LogP contribution in [-0.2, 0) is 4.79 Å². The van der Waals surface area contributed by atoms with Gasteiger partial charge in [0.1, 0.15) is 0 Å². The fraction of sp³-hybridized carbons (Fsp3) is 0.933. The first-order valence-corrected chi connectivity index (χ1v) is 7.60. The number of carbonyl (C=O) groups is 1. The van der Waals surface area contributed by atoms with Gasteiger partial charge < -0.3 is 10.6 Å². The average Bonchev–Trinajstić information content (AvgIpc) is 2.29. The van der Waals surface area contributed by atoms with Crippen molar-refractivity contribution in [2.75, 3.05) is 19.6 Å². The van der Waals surface area contributed by atoms with Crippen molar-refractivity contribution in [2.24, 2.45) is 0 Å². The summed E-state index contributed by atoms with van der Waals surface area (Å²) in [5.41, 5.74) is 0. The van der Waals surface area contributed by atoms with Gasteiger partial charge in [-0.15, -0.1) is 0 Å². The average molecular weight is 271 g/mol. The van der Waals surface area contributed by atoms with E-state index in [1.807, 2.05) is 0 Å². The van der Waals surface area contributed by atoms with Gasteiger partial charge in [0.25, 0.3) is 0 Å². The number of hydrogen-bond acceptors (Lipinski definition) is 3.